The summed E-state index contributed by atoms with van der Waals surface area (Å²) in [4.78, 5) is 2.55. The van der Waals surface area contributed by atoms with E-state index in [4.69, 9.17) is 0 Å². The van der Waals surface area contributed by atoms with Crippen molar-refractivity contribution in [1.82, 2.24) is 4.90 Å². The van der Waals surface area contributed by atoms with Crippen molar-refractivity contribution in [3.8, 4) is 0 Å². The summed E-state index contributed by atoms with van der Waals surface area (Å²) >= 11 is 2.06. The highest BCUT2D eigenvalue weighted by atomic mass is 32.2. The molecule has 1 rings (SSSR count). The van der Waals surface area contributed by atoms with Gasteiger partial charge in [0.05, 0.1) is 5.37 Å². The summed E-state index contributed by atoms with van der Waals surface area (Å²) in [5.41, 5.74) is 0.364. The summed E-state index contributed by atoms with van der Waals surface area (Å²) in [6, 6.07) is 0. The van der Waals surface area contributed by atoms with Crippen molar-refractivity contribution in [3.63, 3.8) is 0 Å². The van der Waals surface area contributed by atoms with Crippen LogP contribution in [0.2, 0.25) is 0 Å². The Hall–Kier alpha value is 0.310. The van der Waals surface area contributed by atoms with Gasteiger partial charge in [0.2, 0.25) is 0 Å². The van der Waals surface area contributed by atoms with E-state index in [0.29, 0.717) is 5.54 Å². The molecule has 1 aliphatic rings. The average Bonchev–Trinajstić information content (AvgIpc) is 2.11. The first-order chi connectivity index (χ1) is 4.52. The minimum Gasteiger partial charge on any atom is -0.286 e. The maximum Gasteiger partial charge on any atom is 0.0534 e. The van der Waals surface area contributed by atoms with Gasteiger partial charge in [-0.25, -0.2) is 0 Å². The molecule has 0 unspecified atom stereocenters. The van der Waals surface area contributed by atoms with Crippen LogP contribution >= 0.6 is 11.8 Å². The molecule has 0 aromatic carbocycles. The Kier molecular flexibility index (Phi) is 2.31. The fraction of sp³-hybridized carbons (Fsp3) is 1.00. The summed E-state index contributed by atoms with van der Waals surface area (Å²) in [6.45, 7) is 10.4. The summed E-state index contributed by atoms with van der Waals surface area (Å²) in [5.74, 6) is 1.30. The molecule has 0 aromatic heterocycles. The largest absolute Gasteiger partial charge is 0.286 e. The third kappa shape index (κ3) is 1.67. The van der Waals surface area contributed by atoms with Crippen LogP contribution in [0.4, 0.5) is 0 Å². The lowest BCUT2D eigenvalue weighted by Gasteiger charge is -2.34. The zero-order valence-electron chi connectivity index (χ0n) is 7.35. The Bertz CT molecular complexity index is 117. The van der Waals surface area contributed by atoms with Gasteiger partial charge in [-0.3, -0.25) is 4.90 Å². The topological polar surface area (TPSA) is 3.24 Å². The lowest BCUT2D eigenvalue weighted by molar-refractivity contribution is 0.150. The van der Waals surface area contributed by atoms with Crippen LogP contribution in [0.5, 0.6) is 0 Å². The van der Waals surface area contributed by atoms with Crippen molar-refractivity contribution in [2.75, 3.05) is 12.3 Å². The first kappa shape index (κ1) is 8.41. The van der Waals surface area contributed by atoms with Gasteiger partial charge in [-0.1, -0.05) is 0 Å². The van der Waals surface area contributed by atoms with Gasteiger partial charge in [-0.05, 0) is 27.7 Å². The highest BCUT2D eigenvalue weighted by Crippen LogP contribution is 2.29. The molecular formula is C8H17NS. The van der Waals surface area contributed by atoms with Crippen LogP contribution in [0.3, 0.4) is 0 Å². The van der Waals surface area contributed by atoms with E-state index in [2.05, 4.69) is 44.4 Å². The molecule has 1 fully saturated rings. The summed E-state index contributed by atoms with van der Waals surface area (Å²) in [7, 11) is 0. The molecule has 2 heteroatoms. The normalized spacial score (nSPS) is 29.4. The zero-order chi connectivity index (χ0) is 7.78. The standard InChI is InChI=1S/C8H17NS/c1-7-9(5-6-10-7)8(2,3)4/h7H,5-6H2,1-4H3/t7-/m0/s1. The molecule has 10 heavy (non-hydrogen) atoms. The van der Waals surface area contributed by atoms with Crippen LogP contribution in [-0.2, 0) is 0 Å². The van der Waals surface area contributed by atoms with Gasteiger partial charge < -0.3 is 0 Å². The Morgan fingerprint density at radius 2 is 2.00 bits per heavy atom. The number of rotatable bonds is 0. The number of thioether (sulfide) groups is 1. The molecule has 0 amide bonds. The summed E-state index contributed by atoms with van der Waals surface area (Å²) in [6.07, 6.45) is 0. The Labute approximate surface area is 68.2 Å². The number of nitrogens with zero attached hydrogens (tertiary/aromatic N) is 1. The summed E-state index contributed by atoms with van der Waals surface area (Å²) < 4.78 is 0. The maximum atomic E-state index is 2.55. The Morgan fingerprint density at radius 1 is 1.40 bits per heavy atom. The molecule has 1 heterocycles. The van der Waals surface area contributed by atoms with Crippen LogP contribution in [0.1, 0.15) is 27.7 Å². The van der Waals surface area contributed by atoms with E-state index in [1.807, 2.05) is 0 Å². The van der Waals surface area contributed by atoms with Crippen LogP contribution in [0.25, 0.3) is 0 Å². The van der Waals surface area contributed by atoms with E-state index in [0.717, 1.165) is 5.37 Å². The third-order valence-corrected chi connectivity index (χ3v) is 3.15. The van der Waals surface area contributed by atoms with Gasteiger partial charge in [0.15, 0.2) is 0 Å². The first-order valence-electron chi connectivity index (χ1n) is 3.90. The van der Waals surface area contributed by atoms with Crippen molar-refractivity contribution in [2.24, 2.45) is 0 Å². The number of hydrogen-bond donors (Lipinski definition) is 0. The van der Waals surface area contributed by atoms with Crippen molar-refractivity contribution in [3.05, 3.63) is 0 Å². The van der Waals surface area contributed by atoms with Gasteiger partial charge in [-0.15, -0.1) is 11.8 Å². The Morgan fingerprint density at radius 3 is 2.20 bits per heavy atom. The van der Waals surface area contributed by atoms with Gasteiger partial charge in [0, 0.05) is 17.8 Å². The molecule has 0 bridgehead atoms. The molecule has 0 N–H and O–H groups in total. The van der Waals surface area contributed by atoms with Crippen LogP contribution in [0, 0.1) is 0 Å². The van der Waals surface area contributed by atoms with E-state index in [1.165, 1.54) is 12.3 Å². The van der Waals surface area contributed by atoms with E-state index in [9.17, 15) is 0 Å². The van der Waals surface area contributed by atoms with Crippen LogP contribution < -0.4 is 0 Å². The Balaban J connectivity index is 2.55. The first-order valence-corrected chi connectivity index (χ1v) is 4.95. The second-order valence-electron chi connectivity index (χ2n) is 3.83. The lowest BCUT2D eigenvalue weighted by Crippen LogP contribution is -2.42. The maximum absolute atomic E-state index is 2.55. The molecule has 1 aliphatic heterocycles. The molecule has 1 nitrogen and oxygen atoms in total. The van der Waals surface area contributed by atoms with Gasteiger partial charge in [0.25, 0.3) is 0 Å². The molecular weight excluding hydrogens is 142 g/mol. The predicted octanol–water partition coefficient (Wildman–Crippen LogP) is 2.18. The van der Waals surface area contributed by atoms with Crippen LogP contribution in [-0.4, -0.2) is 28.1 Å². The van der Waals surface area contributed by atoms with E-state index in [1.54, 1.807) is 0 Å². The number of hydrogen-bond acceptors (Lipinski definition) is 2. The van der Waals surface area contributed by atoms with E-state index in [-0.39, 0.29) is 0 Å². The molecule has 0 saturated carbocycles. The van der Waals surface area contributed by atoms with Crippen molar-refractivity contribution in [2.45, 2.75) is 38.6 Å². The second-order valence-corrected chi connectivity index (χ2v) is 5.26. The van der Waals surface area contributed by atoms with Gasteiger partial charge >= 0.3 is 0 Å². The minimum atomic E-state index is 0.364. The molecule has 1 atom stereocenters. The molecule has 0 spiro atoms. The van der Waals surface area contributed by atoms with E-state index < -0.39 is 0 Å². The highest BCUT2D eigenvalue weighted by Gasteiger charge is 2.29. The average molecular weight is 159 g/mol. The van der Waals surface area contributed by atoms with Crippen LogP contribution in [0.15, 0.2) is 0 Å². The zero-order valence-corrected chi connectivity index (χ0v) is 8.16. The molecule has 60 valence electrons. The van der Waals surface area contributed by atoms with Crippen molar-refractivity contribution in [1.29, 1.82) is 0 Å². The smallest absolute Gasteiger partial charge is 0.0534 e. The molecule has 0 radical (unpaired) electrons. The summed E-state index contributed by atoms with van der Waals surface area (Å²) in [5, 5.41) is 0.722. The predicted molar refractivity (Wildman–Crippen MR) is 48.4 cm³/mol. The molecule has 0 aliphatic carbocycles. The molecule has 0 aromatic rings. The fourth-order valence-corrected chi connectivity index (χ4v) is 2.72. The fourth-order valence-electron chi connectivity index (χ4n) is 1.47. The quantitative estimate of drug-likeness (QED) is 0.533. The minimum absolute atomic E-state index is 0.364. The van der Waals surface area contributed by atoms with Crippen molar-refractivity contribution < 1.29 is 0 Å². The second kappa shape index (κ2) is 2.74. The third-order valence-electron chi connectivity index (χ3n) is 1.99. The molecule has 1 saturated heterocycles. The van der Waals surface area contributed by atoms with E-state index >= 15 is 0 Å². The monoisotopic (exact) mass is 159 g/mol. The van der Waals surface area contributed by atoms with Gasteiger partial charge in [-0.2, -0.15) is 0 Å². The SMILES string of the molecule is C[C@@H]1SCCN1C(C)(C)C. The highest BCUT2D eigenvalue weighted by molar-refractivity contribution is 8.00. The lowest BCUT2D eigenvalue weighted by atomic mass is 10.1. The van der Waals surface area contributed by atoms with Crippen molar-refractivity contribution >= 4 is 11.8 Å². The van der Waals surface area contributed by atoms with Gasteiger partial charge in [0.1, 0.15) is 0 Å².